The number of aromatic nitrogens is 2. The summed E-state index contributed by atoms with van der Waals surface area (Å²) in [5.41, 5.74) is 0.609. The Bertz CT molecular complexity index is 978. The van der Waals surface area contributed by atoms with Gasteiger partial charge in [0.05, 0.1) is 11.7 Å². The van der Waals surface area contributed by atoms with Gasteiger partial charge in [0.15, 0.2) is 0 Å². The number of thiophene rings is 1. The number of fused-ring (bicyclic) bond motifs is 1. The van der Waals surface area contributed by atoms with Crippen molar-refractivity contribution in [2.24, 2.45) is 0 Å². The standard InChI is InChI=1S/C17H16FN3O2S/c1-3-12-7-13-16(24-12)19-9-21(17(13)23)8-15(22)20-11-5-4-10(2)14(18)6-11/h4-7,9H,3,8H2,1-2H3,(H,20,22). The quantitative estimate of drug-likeness (QED) is 0.790. The zero-order valence-electron chi connectivity index (χ0n) is 13.3. The summed E-state index contributed by atoms with van der Waals surface area (Å²) in [6.07, 6.45) is 2.20. The number of hydrogen-bond acceptors (Lipinski definition) is 4. The summed E-state index contributed by atoms with van der Waals surface area (Å²) < 4.78 is 14.8. The van der Waals surface area contributed by atoms with E-state index in [4.69, 9.17) is 0 Å². The number of carbonyl (C=O) groups is 1. The second kappa shape index (κ2) is 6.52. The Morgan fingerprint density at radius 1 is 1.38 bits per heavy atom. The lowest BCUT2D eigenvalue weighted by Gasteiger charge is -2.08. The van der Waals surface area contributed by atoms with Crippen LogP contribution in [0.15, 0.2) is 35.4 Å². The minimum Gasteiger partial charge on any atom is -0.324 e. The van der Waals surface area contributed by atoms with Gasteiger partial charge >= 0.3 is 0 Å². The van der Waals surface area contributed by atoms with Crippen LogP contribution in [0.5, 0.6) is 0 Å². The van der Waals surface area contributed by atoms with Gasteiger partial charge in [0.1, 0.15) is 17.2 Å². The molecule has 0 aliphatic rings. The molecule has 0 aliphatic carbocycles. The molecule has 0 bridgehead atoms. The van der Waals surface area contributed by atoms with Crippen LogP contribution in [-0.2, 0) is 17.8 Å². The topological polar surface area (TPSA) is 64.0 Å². The summed E-state index contributed by atoms with van der Waals surface area (Å²) in [5, 5.41) is 3.11. The number of nitrogens with zero attached hydrogens (tertiary/aromatic N) is 2. The SMILES string of the molecule is CCc1cc2c(=O)n(CC(=O)Nc3ccc(C)c(F)c3)cnc2s1. The number of amides is 1. The molecule has 5 nitrogen and oxygen atoms in total. The molecular weight excluding hydrogens is 329 g/mol. The van der Waals surface area contributed by atoms with Crippen LogP contribution >= 0.6 is 11.3 Å². The lowest BCUT2D eigenvalue weighted by Crippen LogP contribution is -2.27. The normalized spacial score (nSPS) is 11.0. The fourth-order valence-corrected chi connectivity index (χ4v) is 3.25. The van der Waals surface area contributed by atoms with Crippen LogP contribution in [0, 0.1) is 12.7 Å². The highest BCUT2D eigenvalue weighted by molar-refractivity contribution is 7.18. The predicted molar refractivity (Wildman–Crippen MR) is 93.0 cm³/mol. The van der Waals surface area contributed by atoms with Crippen molar-refractivity contribution >= 4 is 33.1 Å². The third-order valence-corrected chi connectivity index (χ3v) is 4.87. The monoisotopic (exact) mass is 345 g/mol. The Morgan fingerprint density at radius 2 is 2.17 bits per heavy atom. The van der Waals surface area contributed by atoms with Crippen LogP contribution in [0.2, 0.25) is 0 Å². The van der Waals surface area contributed by atoms with Crippen LogP contribution in [0.3, 0.4) is 0 Å². The number of rotatable bonds is 4. The van der Waals surface area contributed by atoms with Crippen LogP contribution < -0.4 is 10.9 Å². The number of hydrogen-bond donors (Lipinski definition) is 1. The van der Waals surface area contributed by atoms with Crippen LogP contribution in [-0.4, -0.2) is 15.5 Å². The molecule has 0 atom stereocenters. The second-order valence-electron chi connectivity index (χ2n) is 5.47. The van der Waals surface area contributed by atoms with E-state index in [1.165, 1.54) is 28.3 Å². The van der Waals surface area contributed by atoms with Gasteiger partial charge in [0.25, 0.3) is 5.56 Å². The molecule has 124 valence electrons. The molecule has 1 amide bonds. The van der Waals surface area contributed by atoms with E-state index in [9.17, 15) is 14.0 Å². The Morgan fingerprint density at radius 3 is 2.88 bits per heavy atom. The fourth-order valence-electron chi connectivity index (χ4n) is 2.32. The van der Waals surface area contributed by atoms with Crippen molar-refractivity contribution in [3.63, 3.8) is 0 Å². The maximum Gasteiger partial charge on any atom is 0.262 e. The molecule has 2 aromatic heterocycles. The van der Waals surface area contributed by atoms with Gasteiger partial charge in [-0.15, -0.1) is 11.3 Å². The largest absolute Gasteiger partial charge is 0.324 e. The van der Waals surface area contributed by atoms with E-state index in [2.05, 4.69) is 10.3 Å². The van der Waals surface area contributed by atoms with Crippen molar-refractivity contribution in [3.05, 3.63) is 57.2 Å². The van der Waals surface area contributed by atoms with E-state index in [-0.39, 0.29) is 12.1 Å². The van der Waals surface area contributed by atoms with Crippen molar-refractivity contribution in [2.45, 2.75) is 26.8 Å². The van der Waals surface area contributed by atoms with Crippen molar-refractivity contribution in [2.75, 3.05) is 5.32 Å². The summed E-state index contributed by atoms with van der Waals surface area (Å²) in [6, 6.07) is 6.28. The first-order chi connectivity index (χ1) is 11.5. The van der Waals surface area contributed by atoms with E-state index in [1.54, 1.807) is 19.1 Å². The zero-order valence-corrected chi connectivity index (χ0v) is 14.1. The third-order valence-electron chi connectivity index (χ3n) is 3.69. The first-order valence-corrected chi connectivity index (χ1v) is 8.33. The molecule has 0 unspecified atom stereocenters. The Balaban J connectivity index is 1.81. The second-order valence-corrected chi connectivity index (χ2v) is 6.59. The van der Waals surface area contributed by atoms with Gasteiger partial charge in [-0.3, -0.25) is 14.2 Å². The Hall–Kier alpha value is -2.54. The van der Waals surface area contributed by atoms with E-state index < -0.39 is 11.7 Å². The number of benzene rings is 1. The highest BCUT2D eigenvalue weighted by atomic mass is 32.1. The number of aryl methyl sites for hydroxylation is 2. The number of carbonyl (C=O) groups excluding carboxylic acids is 1. The summed E-state index contributed by atoms with van der Waals surface area (Å²) in [4.78, 5) is 30.5. The molecule has 2 heterocycles. The van der Waals surface area contributed by atoms with E-state index in [0.29, 0.717) is 21.5 Å². The van der Waals surface area contributed by atoms with Crippen LogP contribution in [0.4, 0.5) is 10.1 Å². The molecular formula is C17H16FN3O2S. The van der Waals surface area contributed by atoms with Gasteiger partial charge in [0, 0.05) is 10.6 Å². The van der Waals surface area contributed by atoms with Crippen LogP contribution in [0.25, 0.3) is 10.2 Å². The molecule has 0 spiro atoms. The smallest absolute Gasteiger partial charge is 0.262 e. The highest BCUT2D eigenvalue weighted by Gasteiger charge is 2.11. The van der Waals surface area contributed by atoms with Crippen molar-refractivity contribution < 1.29 is 9.18 Å². The summed E-state index contributed by atoms with van der Waals surface area (Å²) in [6.45, 7) is 3.48. The first-order valence-electron chi connectivity index (χ1n) is 7.51. The first kappa shape index (κ1) is 16.3. The molecule has 7 heteroatoms. The summed E-state index contributed by atoms with van der Waals surface area (Å²) in [7, 11) is 0. The maximum atomic E-state index is 13.5. The molecule has 1 aromatic carbocycles. The molecule has 0 saturated carbocycles. The van der Waals surface area contributed by atoms with Gasteiger partial charge in [0.2, 0.25) is 5.91 Å². The molecule has 0 aliphatic heterocycles. The van der Waals surface area contributed by atoms with Crippen molar-refractivity contribution in [3.8, 4) is 0 Å². The average molecular weight is 345 g/mol. The minimum atomic E-state index is -0.410. The van der Waals surface area contributed by atoms with Gasteiger partial charge in [-0.1, -0.05) is 13.0 Å². The fraction of sp³-hybridized carbons (Fsp3) is 0.235. The van der Waals surface area contributed by atoms with Gasteiger partial charge in [-0.05, 0) is 37.1 Å². The number of nitrogens with one attached hydrogen (secondary N) is 1. The average Bonchev–Trinajstić information content (AvgIpc) is 2.98. The molecule has 1 N–H and O–H groups in total. The Kier molecular flexibility index (Phi) is 4.44. The number of halogens is 1. The van der Waals surface area contributed by atoms with Gasteiger partial charge < -0.3 is 5.32 Å². The third kappa shape index (κ3) is 3.21. The van der Waals surface area contributed by atoms with Crippen molar-refractivity contribution in [1.82, 2.24) is 9.55 Å². The van der Waals surface area contributed by atoms with E-state index >= 15 is 0 Å². The molecule has 3 rings (SSSR count). The minimum absolute atomic E-state index is 0.172. The molecule has 3 aromatic rings. The van der Waals surface area contributed by atoms with Gasteiger partial charge in [-0.25, -0.2) is 9.37 Å². The zero-order chi connectivity index (χ0) is 17.3. The van der Waals surface area contributed by atoms with Crippen LogP contribution in [0.1, 0.15) is 17.4 Å². The van der Waals surface area contributed by atoms with E-state index in [0.717, 1.165) is 11.3 Å². The molecule has 24 heavy (non-hydrogen) atoms. The highest BCUT2D eigenvalue weighted by Crippen LogP contribution is 2.21. The lowest BCUT2D eigenvalue weighted by molar-refractivity contribution is -0.116. The molecule has 0 fully saturated rings. The van der Waals surface area contributed by atoms with Gasteiger partial charge in [-0.2, -0.15) is 0 Å². The van der Waals surface area contributed by atoms with Crippen molar-refractivity contribution in [1.29, 1.82) is 0 Å². The maximum absolute atomic E-state index is 13.5. The Labute approximate surface area is 141 Å². The molecule has 0 saturated heterocycles. The predicted octanol–water partition coefficient (Wildman–Crippen LogP) is 3.11. The van der Waals surface area contributed by atoms with E-state index in [1.807, 2.05) is 13.0 Å². The number of anilines is 1. The summed E-state index contributed by atoms with van der Waals surface area (Å²) in [5.74, 6) is -0.800. The lowest BCUT2D eigenvalue weighted by atomic mass is 10.2. The molecule has 0 radical (unpaired) electrons. The summed E-state index contributed by atoms with van der Waals surface area (Å²) >= 11 is 1.48.